The van der Waals surface area contributed by atoms with Crippen LogP contribution >= 0.6 is 0 Å². The Morgan fingerprint density at radius 3 is 2.75 bits per heavy atom. The maximum atomic E-state index is 12.3. The van der Waals surface area contributed by atoms with Crippen molar-refractivity contribution in [3.05, 3.63) is 30.5 Å². The molecule has 3 rings (SSSR count). The molecule has 0 saturated carbocycles. The van der Waals surface area contributed by atoms with Gasteiger partial charge in [0.25, 0.3) is 10.2 Å². The summed E-state index contributed by atoms with van der Waals surface area (Å²) in [6.07, 6.45) is 9.26. The quantitative estimate of drug-likeness (QED) is 0.865. The summed E-state index contributed by atoms with van der Waals surface area (Å²) in [5.41, 5.74) is 1.58. The number of piperidine rings is 1. The third-order valence-corrected chi connectivity index (χ3v) is 6.16. The fourth-order valence-corrected chi connectivity index (χ4v) is 4.24. The van der Waals surface area contributed by atoms with Crippen LogP contribution in [0.5, 0.6) is 0 Å². The van der Waals surface area contributed by atoms with Gasteiger partial charge in [0.15, 0.2) is 5.82 Å². The van der Waals surface area contributed by atoms with Crippen LogP contribution in [0, 0.1) is 5.92 Å². The van der Waals surface area contributed by atoms with E-state index in [2.05, 4.69) is 19.9 Å². The van der Waals surface area contributed by atoms with E-state index >= 15 is 0 Å². The molecule has 2 aromatic rings. The molecule has 1 unspecified atom stereocenters. The van der Waals surface area contributed by atoms with Crippen molar-refractivity contribution in [3.63, 3.8) is 0 Å². The molecule has 0 radical (unpaired) electrons. The molecule has 0 aromatic carbocycles. The number of aromatic nitrogens is 4. The summed E-state index contributed by atoms with van der Waals surface area (Å²) in [5.74, 6) is 0.908. The van der Waals surface area contributed by atoms with Crippen molar-refractivity contribution >= 4 is 10.2 Å². The minimum atomic E-state index is -3.37. The van der Waals surface area contributed by atoms with Crippen LogP contribution in [-0.2, 0) is 16.6 Å². The summed E-state index contributed by atoms with van der Waals surface area (Å²) < 4.78 is 27.5. The number of rotatable bonds is 5. The third kappa shape index (κ3) is 3.47. The fourth-order valence-electron chi connectivity index (χ4n) is 3.02. The minimum Gasteiger partial charge on any atom is -0.343 e. The van der Waals surface area contributed by atoms with Gasteiger partial charge in [0.2, 0.25) is 0 Å². The smallest absolute Gasteiger partial charge is 0.281 e. The second-order valence-corrected chi connectivity index (χ2v) is 8.29. The van der Waals surface area contributed by atoms with E-state index in [1.54, 1.807) is 43.2 Å². The van der Waals surface area contributed by atoms with Crippen molar-refractivity contribution in [1.82, 2.24) is 28.5 Å². The minimum absolute atomic E-state index is 0.221. The summed E-state index contributed by atoms with van der Waals surface area (Å²) in [7, 11) is -0.234. The Balaban J connectivity index is 1.78. The van der Waals surface area contributed by atoms with E-state index in [9.17, 15) is 8.42 Å². The van der Waals surface area contributed by atoms with Gasteiger partial charge in [-0.2, -0.15) is 17.0 Å². The molecule has 8 nitrogen and oxygen atoms in total. The van der Waals surface area contributed by atoms with Gasteiger partial charge in [0.05, 0.1) is 5.69 Å². The first-order chi connectivity index (χ1) is 11.5. The highest BCUT2D eigenvalue weighted by atomic mass is 32.2. The Morgan fingerprint density at radius 1 is 1.25 bits per heavy atom. The molecule has 24 heavy (non-hydrogen) atoms. The van der Waals surface area contributed by atoms with Crippen LogP contribution in [0.25, 0.3) is 11.5 Å². The Bertz CT molecular complexity index is 775. The summed E-state index contributed by atoms with van der Waals surface area (Å²) >= 11 is 0. The maximum Gasteiger partial charge on any atom is 0.281 e. The molecule has 2 aromatic heterocycles. The second kappa shape index (κ2) is 6.96. The standard InChI is InChI=1S/C15H22N6O2S/c1-20(2)24(22,23)21-9-3-4-12(11-21)10-13-14(17-6-5-16-13)15-18-7-8-19-15/h5-8,12H,3-4,9-11H2,1-2H3,(H,18,19). The summed E-state index contributed by atoms with van der Waals surface area (Å²) in [6.45, 7) is 1.08. The highest BCUT2D eigenvalue weighted by molar-refractivity contribution is 7.86. The van der Waals surface area contributed by atoms with Crippen molar-refractivity contribution < 1.29 is 8.42 Å². The monoisotopic (exact) mass is 350 g/mol. The molecule has 3 heterocycles. The van der Waals surface area contributed by atoms with Gasteiger partial charge in [-0.3, -0.25) is 4.98 Å². The summed E-state index contributed by atoms with van der Waals surface area (Å²) in [5, 5.41) is 0. The molecular formula is C15H22N6O2S. The van der Waals surface area contributed by atoms with Crippen molar-refractivity contribution in [2.24, 2.45) is 5.92 Å². The summed E-state index contributed by atoms with van der Waals surface area (Å²) in [6, 6.07) is 0. The molecule has 0 amide bonds. The number of nitrogens with zero attached hydrogens (tertiary/aromatic N) is 5. The molecule has 9 heteroatoms. The normalized spacial score (nSPS) is 19.7. The van der Waals surface area contributed by atoms with Gasteiger partial charge in [0, 0.05) is 52.0 Å². The van der Waals surface area contributed by atoms with Crippen LogP contribution in [0.4, 0.5) is 0 Å². The van der Waals surface area contributed by atoms with Gasteiger partial charge in [0.1, 0.15) is 5.69 Å². The molecule has 0 spiro atoms. The Hall–Kier alpha value is -1.84. The van der Waals surface area contributed by atoms with Gasteiger partial charge in [-0.25, -0.2) is 9.97 Å². The molecule has 1 aliphatic rings. The van der Waals surface area contributed by atoms with Crippen molar-refractivity contribution in [2.75, 3.05) is 27.2 Å². The van der Waals surface area contributed by atoms with Crippen molar-refractivity contribution in [1.29, 1.82) is 0 Å². The van der Waals surface area contributed by atoms with E-state index in [0.29, 0.717) is 25.3 Å². The van der Waals surface area contributed by atoms with Gasteiger partial charge in [-0.05, 0) is 25.2 Å². The predicted octanol–water partition coefficient (Wildman–Crippen LogP) is 0.928. The lowest BCUT2D eigenvalue weighted by atomic mass is 9.94. The Labute approximate surface area is 142 Å². The molecule has 1 saturated heterocycles. The van der Waals surface area contributed by atoms with Crippen molar-refractivity contribution in [3.8, 4) is 11.5 Å². The third-order valence-electron chi connectivity index (χ3n) is 4.25. The second-order valence-electron chi connectivity index (χ2n) is 6.15. The fraction of sp³-hybridized carbons (Fsp3) is 0.533. The lowest BCUT2D eigenvalue weighted by molar-refractivity contribution is 0.253. The molecule has 0 aliphatic carbocycles. The topological polar surface area (TPSA) is 95.1 Å². The highest BCUT2D eigenvalue weighted by Crippen LogP contribution is 2.25. The van der Waals surface area contributed by atoms with Gasteiger partial charge >= 0.3 is 0 Å². The number of aromatic amines is 1. The molecular weight excluding hydrogens is 328 g/mol. The van der Waals surface area contributed by atoms with Crippen LogP contribution in [0.2, 0.25) is 0 Å². The zero-order valence-corrected chi connectivity index (χ0v) is 14.7. The van der Waals surface area contributed by atoms with Crippen LogP contribution < -0.4 is 0 Å². The Kier molecular flexibility index (Phi) is 4.93. The van der Waals surface area contributed by atoms with Crippen LogP contribution in [-0.4, -0.2) is 64.1 Å². The number of hydrogen-bond donors (Lipinski definition) is 1. The summed E-state index contributed by atoms with van der Waals surface area (Å²) in [4.78, 5) is 16.1. The molecule has 1 N–H and O–H groups in total. The molecule has 1 fully saturated rings. The van der Waals surface area contributed by atoms with E-state index in [0.717, 1.165) is 24.2 Å². The molecule has 1 atom stereocenters. The predicted molar refractivity (Wildman–Crippen MR) is 90.2 cm³/mol. The van der Waals surface area contributed by atoms with Gasteiger partial charge in [-0.1, -0.05) is 0 Å². The number of nitrogens with one attached hydrogen (secondary N) is 1. The molecule has 1 aliphatic heterocycles. The van der Waals surface area contributed by atoms with E-state index in [4.69, 9.17) is 0 Å². The lowest BCUT2D eigenvalue weighted by Crippen LogP contribution is -2.45. The van der Waals surface area contributed by atoms with E-state index in [-0.39, 0.29) is 5.92 Å². The zero-order chi connectivity index (χ0) is 17.2. The first-order valence-corrected chi connectivity index (χ1v) is 9.35. The van der Waals surface area contributed by atoms with Crippen LogP contribution in [0.15, 0.2) is 24.8 Å². The van der Waals surface area contributed by atoms with E-state index in [1.807, 2.05) is 0 Å². The van der Waals surface area contributed by atoms with Gasteiger partial charge in [-0.15, -0.1) is 0 Å². The maximum absolute atomic E-state index is 12.3. The van der Waals surface area contributed by atoms with Crippen LogP contribution in [0.1, 0.15) is 18.5 Å². The van der Waals surface area contributed by atoms with E-state index < -0.39 is 10.2 Å². The van der Waals surface area contributed by atoms with Gasteiger partial charge < -0.3 is 4.98 Å². The lowest BCUT2D eigenvalue weighted by Gasteiger charge is -2.33. The number of H-pyrrole nitrogens is 1. The Morgan fingerprint density at radius 2 is 2.04 bits per heavy atom. The average Bonchev–Trinajstić information content (AvgIpc) is 3.10. The van der Waals surface area contributed by atoms with Crippen LogP contribution in [0.3, 0.4) is 0 Å². The first kappa shape index (κ1) is 17.0. The largest absolute Gasteiger partial charge is 0.343 e. The first-order valence-electron chi connectivity index (χ1n) is 7.95. The number of hydrogen-bond acceptors (Lipinski definition) is 5. The average molecular weight is 350 g/mol. The molecule has 0 bridgehead atoms. The highest BCUT2D eigenvalue weighted by Gasteiger charge is 2.31. The van der Waals surface area contributed by atoms with E-state index in [1.165, 1.54) is 4.31 Å². The van der Waals surface area contributed by atoms with Crippen molar-refractivity contribution in [2.45, 2.75) is 19.3 Å². The molecule has 130 valence electrons. The number of imidazole rings is 1. The zero-order valence-electron chi connectivity index (χ0n) is 13.9. The SMILES string of the molecule is CN(C)S(=O)(=O)N1CCCC(Cc2nccnc2-c2ncc[nH]2)C1.